The molecule has 0 aliphatic carbocycles. The van der Waals surface area contributed by atoms with Crippen LogP contribution in [-0.2, 0) is 0 Å². The molecule has 2 unspecified atom stereocenters. The molecule has 0 aromatic carbocycles. The summed E-state index contributed by atoms with van der Waals surface area (Å²) in [6.45, 7) is 9.60. The van der Waals surface area contributed by atoms with E-state index in [0.29, 0.717) is 0 Å². The molecular formula is C14H30O2. The van der Waals surface area contributed by atoms with Crippen molar-refractivity contribution >= 4 is 0 Å². The largest absolute Gasteiger partial charge is 0.393 e. The standard InChI is InChI=1S/C8H16O.C6H14O/c1-3-5-6-7-8(9)4-2;1-3-4-5-6(2)7/h4,8-9H,2-3,5-7H2,1H3;6-7H,3-5H2,1-2H3. The predicted octanol–water partition coefficient (Wildman–Crippen LogP) is 3.67. The summed E-state index contributed by atoms with van der Waals surface area (Å²) in [7, 11) is 0. The van der Waals surface area contributed by atoms with Gasteiger partial charge in [-0.2, -0.15) is 0 Å². The highest BCUT2D eigenvalue weighted by Crippen LogP contribution is 2.02. The van der Waals surface area contributed by atoms with Crippen LogP contribution in [0.1, 0.15) is 65.7 Å². The molecule has 0 amide bonds. The van der Waals surface area contributed by atoms with Gasteiger partial charge in [0.1, 0.15) is 0 Å². The van der Waals surface area contributed by atoms with E-state index in [2.05, 4.69) is 20.4 Å². The number of rotatable bonds is 8. The lowest BCUT2D eigenvalue weighted by atomic mass is 10.1. The molecule has 0 saturated carbocycles. The lowest BCUT2D eigenvalue weighted by Gasteiger charge is -2.01. The molecule has 0 aliphatic rings. The van der Waals surface area contributed by atoms with Gasteiger partial charge in [0, 0.05) is 0 Å². The maximum atomic E-state index is 8.97. The van der Waals surface area contributed by atoms with E-state index < -0.39 is 0 Å². The predicted molar refractivity (Wildman–Crippen MR) is 71.6 cm³/mol. The van der Waals surface area contributed by atoms with Crippen LogP contribution >= 0.6 is 0 Å². The van der Waals surface area contributed by atoms with Gasteiger partial charge in [-0.05, 0) is 19.8 Å². The zero-order valence-electron chi connectivity index (χ0n) is 11.3. The van der Waals surface area contributed by atoms with Crippen molar-refractivity contribution in [2.75, 3.05) is 0 Å². The molecule has 0 rings (SSSR count). The summed E-state index contributed by atoms with van der Waals surface area (Å²) in [5, 5.41) is 17.6. The third-order valence-electron chi connectivity index (χ3n) is 2.35. The Balaban J connectivity index is 0. The highest BCUT2D eigenvalue weighted by Gasteiger charge is 1.94. The van der Waals surface area contributed by atoms with E-state index in [1.165, 1.54) is 19.3 Å². The van der Waals surface area contributed by atoms with Crippen LogP contribution in [0, 0.1) is 0 Å². The van der Waals surface area contributed by atoms with Gasteiger partial charge in [0.15, 0.2) is 0 Å². The second-order valence-corrected chi connectivity index (χ2v) is 4.29. The molecular weight excluding hydrogens is 200 g/mol. The third kappa shape index (κ3) is 19.3. The molecule has 0 heterocycles. The second kappa shape index (κ2) is 14.7. The normalized spacial score (nSPS) is 13.6. The van der Waals surface area contributed by atoms with Gasteiger partial charge in [-0.15, -0.1) is 6.58 Å². The lowest BCUT2D eigenvalue weighted by molar-refractivity contribution is 0.181. The Labute approximate surface area is 101 Å². The first-order valence-corrected chi connectivity index (χ1v) is 6.57. The molecule has 0 spiro atoms. The van der Waals surface area contributed by atoms with Crippen LogP contribution in [0.15, 0.2) is 12.7 Å². The number of hydrogen-bond donors (Lipinski definition) is 2. The van der Waals surface area contributed by atoms with Crippen molar-refractivity contribution < 1.29 is 10.2 Å². The van der Waals surface area contributed by atoms with Gasteiger partial charge in [0.25, 0.3) is 0 Å². The second-order valence-electron chi connectivity index (χ2n) is 4.29. The molecule has 0 bridgehead atoms. The highest BCUT2D eigenvalue weighted by molar-refractivity contribution is 4.77. The Hall–Kier alpha value is -0.340. The zero-order valence-corrected chi connectivity index (χ0v) is 11.3. The van der Waals surface area contributed by atoms with Crippen molar-refractivity contribution in [2.24, 2.45) is 0 Å². The van der Waals surface area contributed by atoms with Gasteiger partial charge in [-0.25, -0.2) is 0 Å². The molecule has 2 N–H and O–H groups in total. The van der Waals surface area contributed by atoms with Crippen LogP contribution in [0.25, 0.3) is 0 Å². The summed E-state index contributed by atoms with van der Waals surface area (Å²) >= 11 is 0. The van der Waals surface area contributed by atoms with Crippen molar-refractivity contribution in [2.45, 2.75) is 77.9 Å². The smallest absolute Gasteiger partial charge is 0.0718 e. The Morgan fingerprint density at radius 2 is 1.56 bits per heavy atom. The van der Waals surface area contributed by atoms with E-state index in [1.807, 2.05) is 6.92 Å². The average Bonchev–Trinajstić information content (AvgIpc) is 2.27. The van der Waals surface area contributed by atoms with Crippen molar-refractivity contribution in [3.05, 3.63) is 12.7 Å². The molecule has 16 heavy (non-hydrogen) atoms. The van der Waals surface area contributed by atoms with Gasteiger partial charge >= 0.3 is 0 Å². The van der Waals surface area contributed by atoms with Gasteiger partial charge < -0.3 is 10.2 Å². The van der Waals surface area contributed by atoms with E-state index in [9.17, 15) is 0 Å². The zero-order chi connectivity index (χ0) is 12.8. The Kier molecular flexibility index (Phi) is 16.5. The van der Waals surface area contributed by atoms with E-state index >= 15 is 0 Å². The average molecular weight is 230 g/mol. The summed E-state index contributed by atoms with van der Waals surface area (Å²) in [4.78, 5) is 0. The van der Waals surface area contributed by atoms with Crippen LogP contribution in [0.5, 0.6) is 0 Å². The van der Waals surface area contributed by atoms with Crippen LogP contribution in [0.4, 0.5) is 0 Å². The maximum absolute atomic E-state index is 8.97. The van der Waals surface area contributed by atoms with Crippen molar-refractivity contribution in [1.29, 1.82) is 0 Å². The molecule has 0 saturated heterocycles. The molecule has 0 aliphatic heterocycles. The molecule has 98 valence electrons. The minimum absolute atomic E-state index is 0.0973. The van der Waals surface area contributed by atoms with Gasteiger partial charge in [0.05, 0.1) is 12.2 Å². The fourth-order valence-corrected chi connectivity index (χ4v) is 1.22. The van der Waals surface area contributed by atoms with E-state index in [4.69, 9.17) is 10.2 Å². The van der Waals surface area contributed by atoms with E-state index in [-0.39, 0.29) is 12.2 Å². The van der Waals surface area contributed by atoms with Gasteiger partial charge in [0.2, 0.25) is 0 Å². The van der Waals surface area contributed by atoms with Gasteiger partial charge in [-0.1, -0.05) is 52.0 Å². The molecule has 2 atom stereocenters. The fourth-order valence-electron chi connectivity index (χ4n) is 1.22. The molecule has 0 aromatic heterocycles. The van der Waals surface area contributed by atoms with Crippen molar-refractivity contribution in [3.63, 3.8) is 0 Å². The van der Waals surface area contributed by atoms with Crippen molar-refractivity contribution in [1.82, 2.24) is 0 Å². The Bertz CT molecular complexity index is 133. The summed E-state index contributed by atoms with van der Waals surface area (Å²) in [6, 6.07) is 0. The fraction of sp³-hybridized carbons (Fsp3) is 0.857. The molecule has 0 radical (unpaired) electrons. The van der Waals surface area contributed by atoms with Crippen LogP contribution in [0.2, 0.25) is 0 Å². The molecule has 0 fully saturated rings. The number of unbranched alkanes of at least 4 members (excludes halogenated alkanes) is 3. The number of hydrogen-bond acceptors (Lipinski definition) is 2. The maximum Gasteiger partial charge on any atom is 0.0718 e. The van der Waals surface area contributed by atoms with Crippen LogP contribution in [0.3, 0.4) is 0 Å². The first-order valence-electron chi connectivity index (χ1n) is 6.57. The monoisotopic (exact) mass is 230 g/mol. The third-order valence-corrected chi connectivity index (χ3v) is 2.35. The first-order chi connectivity index (χ1) is 7.58. The van der Waals surface area contributed by atoms with E-state index in [1.54, 1.807) is 6.08 Å². The minimum atomic E-state index is -0.281. The molecule has 2 nitrogen and oxygen atoms in total. The molecule has 2 heteroatoms. The lowest BCUT2D eigenvalue weighted by Crippen LogP contribution is -1.99. The van der Waals surface area contributed by atoms with Crippen LogP contribution in [-0.4, -0.2) is 22.4 Å². The quantitative estimate of drug-likeness (QED) is 0.493. The topological polar surface area (TPSA) is 40.5 Å². The summed E-state index contributed by atoms with van der Waals surface area (Å²) in [5.41, 5.74) is 0. The van der Waals surface area contributed by atoms with Gasteiger partial charge in [-0.3, -0.25) is 0 Å². The van der Waals surface area contributed by atoms with Crippen molar-refractivity contribution in [3.8, 4) is 0 Å². The highest BCUT2D eigenvalue weighted by atomic mass is 16.3. The van der Waals surface area contributed by atoms with E-state index in [0.717, 1.165) is 25.7 Å². The van der Waals surface area contributed by atoms with Crippen LogP contribution < -0.4 is 0 Å². The minimum Gasteiger partial charge on any atom is -0.393 e. The SMILES string of the molecule is C=CC(O)CCCCC.CCCCC(C)O. The Morgan fingerprint density at radius 3 is 1.88 bits per heavy atom. The molecule has 0 aromatic rings. The Morgan fingerprint density at radius 1 is 1.00 bits per heavy atom. The first kappa shape index (κ1) is 18.0. The summed E-state index contributed by atoms with van der Waals surface area (Å²) in [5.74, 6) is 0. The summed E-state index contributed by atoms with van der Waals surface area (Å²) in [6.07, 6.45) is 8.92. The number of aliphatic hydroxyl groups excluding tert-OH is 2. The summed E-state index contributed by atoms with van der Waals surface area (Å²) < 4.78 is 0. The number of aliphatic hydroxyl groups is 2.